The molecule has 3 nitrogen and oxygen atoms in total. The van der Waals surface area contributed by atoms with Crippen molar-refractivity contribution in [2.75, 3.05) is 12.9 Å². The molecular formula is C15H20O3S. The van der Waals surface area contributed by atoms with Gasteiger partial charge >= 0.3 is 0 Å². The Kier molecular flexibility index (Phi) is 3.39. The van der Waals surface area contributed by atoms with E-state index in [0.29, 0.717) is 11.7 Å². The van der Waals surface area contributed by atoms with Crippen molar-refractivity contribution in [2.45, 2.75) is 43.1 Å². The maximum atomic E-state index is 10.5. The lowest BCUT2D eigenvalue weighted by atomic mass is 9.83. The van der Waals surface area contributed by atoms with Crippen LogP contribution >= 0.6 is 11.8 Å². The number of ether oxygens (including phenoxy) is 2. The van der Waals surface area contributed by atoms with Crippen LogP contribution in [-0.4, -0.2) is 28.8 Å². The van der Waals surface area contributed by atoms with Crippen LogP contribution in [0.5, 0.6) is 11.5 Å². The number of methoxy groups -OCH3 is 1. The fourth-order valence-electron chi connectivity index (χ4n) is 3.09. The molecule has 2 aliphatic heterocycles. The zero-order valence-corrected chi connectivity index (χ0v) is 12.2. The molecule has 3 atom stereocenters. The van der Waals surface area contributed by atoms with Crippen molar-refractivity contribution in [3.63, 3.8) is 0 Å². The number of thioether (sulfide) groups is 1. The smallest absolute Gasteiger partial charge is 0.126 e. The SMILES string of the molecule is COc1ccc2c(c1)C(O)CC1(CCCSC1C)O2. The van der Waals surface area contributed by atoms with Crippen LogP contribution in [0.4, 0.5) is 0 Å². The largest absolute Gasteiger partial charge is 0.497 e. The van der Waals surface area contributed by atoms with Crippen LogP contribution in [-0.2, 0) is 0 Å². The van der Waals surface area contributed by atoms with Crippen molar-refractivity contribution in [2.24, 2.45) is 0 Å². The lowest BCUT2D eigenvalue weighted by molar-refractivity contribution is -0.0213. The molecule has 1 N–H and O–H groups in total. The van der Waals surface area contributed by atoms with E-state index in [-0.39, 0.29) is 5.60 Å². The molecule has 0 aliphatic carbocycles. The summed E-state index contributed by atoms with van der Waals surface area (Å²) in [6, 6.07) is 5.70. The molecule has 1 fully saturated rings. The summed E-state index contributed by atoms with van der Waals surface area (Å²) in [6.45, 7) is 2.21. The fraction of sp³-hybridized carbons (Fsp3) is 0.600. The van der Waals surface area contributed by atoms with Crippen molar-refractivity contribution in [1.82, 2.24) is 0 Å². The fourth-order valence-corrected chi connectivity index (χ4v) is 4.32. The van der Waals surface area contributed by atoms with Crippen LogP contribution in [0.2, 0.25) is 0 Å². The third-order valence-corrected chi connectivity index (χ3v) is 5.74. The second-order valence-electron chi connectivity index (χ2n) is 5.41. The van der Waals surface area contributed by atoms with Gasteiger partial charge in [-0.3, -0.25) is 0 Å². The lowest BCUT2D eigenvalue weighted by Gasteiger charge is -2.46. The van der Waals surface area contributed by atoms with Crippen LogP contribution < -0.4 is 9.47 Å². The zero-order chi connectivity index (χ0) is 13.5. The maximum Gasteiger partial charge on any atom is 0.126 e. The van der Waals surface area contributed by atoms with E-state index in [1.807, 2.05) is 30.0 Å². The molecule has 0 amide bonds. The number of rotatable bonds is 1. The van der Waals surface area contributed by atoms with Crippen molar-refractivity contribution in [3.05, 3.63) is 23.8 Å². The normalized spacial score (nSPS) is 33.6. The molecule has 3 rings (SSSR count). The Morgan fingerprint density at radius 3 is 3.05 bits per heavy atom. The lowest BCUT2D eigenvalue weighted by Crippen LogP contribution is -2.50. The monoisotopic (exact) mass is 280 g/mol. The Balaban J connectivity index is 1.95. The summed E-state index contributed by atoms with van der Waals surface area (Å²) >= 11 is 1.95. The molecule has 0 radical (unpaired) electrons. The molecule has 19 heavy (non-hydrogen) atoms. The van der Waals surface area contributed by atoms with E-state index < -0.39 is 6.10 Å². The quantitative estimate of drug-likeness (QED) is 0.857. The summed E-state index contributed by atoms with van der Waals surface area (Å²) in [5.41, 5.74) is 0.650. The first kappa shape index (κ1) is 13.1. The van der Waals surface area contributed by atoms with Gasteiger partial charge in [-0.15, -0.1) is 0 Å². The number of fused-ring (bicyclic) bond motifs is 1. The number of aliphatic hydroxyl groups is 1. The predicted molar refractivity (Wildman–Crippen MR) is 77.1 cm³/mol. The summed E-state index contributed by atoms with van der Waals surface area (Å²) in [5, 5.41) is 10.9. The van der Waals surface area contributed by atoms with Crippen LogP contribution in [0.15, 0.2) is 18.2 Å². The maximum absolute atomic E-state index is 10.5. The first-order chi connectivity index (χ1) is 9.14. The molecule has 1 aromatic rings. The van der Waals surface area contributed by atoms with Crippen molar-refractivity contribution < 1.29 is 14.6 Å². The minimum absolute atomic E-state index is 0.204. The van der Waals surface area contributed by atoms with Gasteiger partial charge in [-0.2, -0.15) is 11.8 Å². The van der Waals surface area contributed by atoms with Gasteiger partial charge < -0.3 is 14.6 Å². The molecule has 1 aromatic carbocycles. The van der Waals surface area contributed by atoms with Crippen LogP contribution in [0, 0.1) is 0 Å². The number of benzene rings is 1. The summed E-state index contributed by atoms with van der Waals surface area (Å²) in [4.78, 5) is 0. The van der Waals surface area contributed by atoms with E-state index in [1.165, 1.54) is 5.75 Å². The van der Waals surface area contributed by atoms with Crippen LogP contribution in [0.25, 0.3) is 0 Å². The van der Waals surface area contributed by atoms with Crippen LogP contribution in [0.3, 0.4) is 0 Å². The Bertz CT molecular complexity index is 476. The highest BCUT2D eigenvalue weighted by Gasteiger charge is 2.46. The van der Waals surface area contributed by atoms with Gasteiger partial charge in [-0.05, 0) is 43.7 Å². The van der Waals surface area contributed by atoms with E-state index >= 15 is 0 Å². The molecule has 0 saturated carbocycles. The van der Waals surface area contributed by atoms with Crippen LogP contribution in [0.1, 0.15) is 37.9 Å². The number of aliphatic hydroxyl groups excluding tert-OH is 1. The summed E-state index contributed by atoms with van der Waals surface area (Å²) in [6.07, 6.45) is 2.41. The number of hydrogen-bond donors (Lipinski definition) is 1. The van der Waals surface area contributed by atoms with Gasteiger partial charge in [-0.1, -0.05) is 0 Å². The molecule has 4 heteroatoms. The Labute approximate surface area is 118 Å². The van der Waals surface area contributed by atoms with E-state index in [0.717, 1.165) is 29.9 Å². The first-order valence-electron chi connectivity index (χ1n) is 6.81. The molecule has 1 saturated heterocycles. The van der Waals surface area contributed by atoms with E-state index in [9.17, 15) is 5.11 Å². The highest BCUT2D eigenvalue weighted by Crippen LogP contribution is 2.48. The van der Waals surface area contributed by atoms with Crippen molar-refractivity contribution in [1.29, 1.82) is 0 Å². The predicted octanol–water partition coefficient (Wildman–Crippen LogP) is 3.17. The molecule has 104 valence electrons. The van der Waals surface area contributed by atoms with E-state index in [1.54, 1.807) is 7.11 Å². The third-order valence-electron chi connectivity index (χ3n) is 4.28. The Morgan fingerprint density at radius 2 is 2.32 bits per heavy atom. The van der Waals surface area contributed by atoms with Gasteiger partial charge in [0.05, 0.1) is 13.2 Å². The summed E-state index contributed by atoms with van der Waals surface area (Å²) in [5.74, 6) is 2.77. The Hall–Kier alpha value is -0.870. The molecule has 1 spiro atoms. The van der Waals surface area contributed by atoms with Gasteiger partial charge in [0, 0.05) is 17.2 Å². The van der Waals surface area contributed by atoms with E-state index in [4.69, 9.17) is 9.47 Å². The minimum Gasteiger partial charge on any atom is -0.497 e. The van der Waals surface area contributed by atoms with Crippen molar-refractivity contribution in [3.8, 4) is 11.5 Å². The van der Waals surface area contributed by atoms with Gasteiger partial charge in [-0.25, -0.2) is 0 Å². The molecule has 3 unspecified atom stereocenters. The van der Waals surface area contributed by atoms with Gasteiger partial charge in [0.1, 0.15) is 17.1 Å². The van der Waals surface area contributed by atoms with Gasteiger partial charge in [0.15, 0.2) is 0 Å². The minimum atomic E-state index is -0.458. The average molecular weight is 280 g/mol. The molecule has 0 aromatic heterocycles. The zero-order valence-electron chi connectivity index (χ0n) is 11.4. The third kappa shape index (κ3) is 2.21. The second kappa shape index (κ2) is 4.91. The average Bonchev–Trinajstić information content (AvgIpc) is 2.42. The second-order valence-corrected chi connectivity index (χ2v) is 6.86. The first-order valence-corrected chi connectivity index (χ1v) is 7.86. The van der Waals surface area contributed by atoms with Gasteiger partial charge in [0.2, 0.25) is 0 Å². The van der Waals surface area contributed by atoms with E-state index in [2.05, 4.69) is 6.92 Å². The van der Waals surface area contributed by atoms with Gasteiger partial charge in [0.25, 0.3) is 0 Å². The summed E-state index contributed by atoms with van der Waals surface area (Å²) in [7, 11) is 1.64. The highest BCUT2D eigenvalue weighted by atomic mass is 32.2. The highest BCUT2D eigenvalue weighted by molar-refractivity contribution is 8.00. The molecule has 2 aliphatic rings. The standard InChI is InChI=1S/C15H20O3S/c1-10-15(6-3-7-19-10)9-13(16)12-8-11(17-2)4-5-14(12)18-15/h4-5,8,10,13,16H,3,6-7,9H2,1-2H3. The number of hydrogen-bond acceptors (Lipinski definition) is 4. The molecule has 2 heterocycles. The topological polar surface area (TPSA) is 38.7 Å². The molecule has 0 bridgehead atoms. The molecular weight excluding hydrogens is 260 g/mol. The summed E-state index contributed by atoms with van der Waals surface area (Å²) < 4.78 is 11.5. The van der Waals surface area contributed by atoms with Crippen molar-refractivity contribution >= 4 is 11.8 Å². The Morgan fingerprint density at radius 1 is 1.47 bits per heavy atom.